The molecule has 3 heteroatoms. The zero-order chi connectivity index (χ0) is 15.5. The summed E-state index contributed by atoms with van der Waals surface area (Å²) in [6.45, 7) is 7.39. The maximum Gasteiger partial charge on any atom is 0.227 e. The molecule has 2 aliphatic rings. The van der Waals surface area contributed by atoms with Crippen LogP contribution in [0.4, 0.5) is 5.69 Å². The van der Waals surface area contributed by atoms with Crippen LogP contribution in [0.25, 0.3) is 0 Å². The predicted molar refractivity (Wildman–Crippen MR) is 91.3 cm³/mol. The summed E-state index contributed by atoms with van der Waals surface area (Å²) in [6, 6.07) is 6.76. The molecule has 1 amide bonds. The van der Waals surface area contributed by atoms with E-state index in [0.717, 1.165) is 37.7 Å². The molecule has 0 atom stereocenters. The number of rotatable bonds is 4. The lowest BCUT2D eigenvalue weighted by Gasteiger charge is -2.23. The summed E-state index contributed by atoms with van der Waals surface area (Å²) in [4.78, 5) is 14.3. The summed E-state index contributed by atoms with van der Waals surface area (Å²) >= 11 is 0. The first-order valence-electron chi connectivity index (χ1n) is 8.76. The maximum absolute atomic E-state index is 12.3. The van der Waals surface area contributed by atoms with Crippen molar-refractivity contribution in [2.45, 2.75) is 46.0 Å². The van der Waals surface area contributed by atoms with Gasteiger partial charge in [-0.15, -0.1) is 0 Å². The highest BCUT2D eigenvalue weighted by Crippen LogP contribution is 2.31. The molecule has 120 valence electrons. The Kier molecular flexibility index (Phi) is 4.82. The smallest absolute Gasteiger partial charge is 0.227 e. The summed E-state index contributed by atoms with van der Waals surface area (Å²) in [5.74, 6) is 1.52. The summed E-state index contributed by atoms with van der Waals surface area (Å²) in [6.07, 6.45) is 5.43. The summed E-state index contributed by atoms with van der Waals surface area (Å²) < 4.78 is 0. The van der Waals surface area contributed by atoms with E-state index >= 15 is 0 Å². The van der Waals surface area contributed by atoms with Crippen LogP contribution in [-0.4, -0.2) is 25.5 Å². The van der Waals surface area contributed by atoms with Gasteiger partial charge in [-0.2, -0.15) is 0 Å². The first-order chi connectivity index (χ1) is 10.6. The van der Waals surface area contributed by atoms with Crippen molar-refractivity contribution in [1.82, 2.24) is 5.32 Å². The number of piperidine rings is 1. The zero-order valence-corrected chi connectivity index (χ0v) is 13.9. The van der Waals surface area contributed by atoms with Crippen molar-refractivity contribution in [3.05, 3.63) is 29.3 Å². The number of carbonyl (C=O) groups excluding carboxylic acids is 1. The van der Waals surface area contributed by atoms with Crippen molar-refractivity contribution in [3.63, 3.8) is 0 Å². The molecule has 1 aromatic rings. The van der Waals surface area contributed by atoms with Crippen molar-refractivity contribution >= 4 is 11.6 Å². The molecule has 0 aliphatic carbocycles. The minimum Gasteiger partial charge on any atom is -0.317 e. The molecule has 0 saturated carbocycles. The highest BCUT2D eigenvalue weighted by molar-refractivity contribution is 5.95. The standard InChI is InChI=1S/C19H28N2O/c1-14(2)11-19(22)21-10-7-17-13-16(3-4-18(17)21)12-15-5-8-20-9-6-15/h3-4,13-15,20H,5-12H2,1-2H3. The van der Waals surface area contributed by atoms with E-state index in [4.69, 9.17) is 0 Å². The summed E-state index contributed by atoms with van der Waals surface area (Å²) in [5, 5.41) is 3.43. The van der Waals surface area contributed by atoms with Crippen LogP contribution in [0.2, 0.25) is 0 Å². The van der Waals surface area contributed by atoms with Gasteiger partial charge in [0.25, 0.3) is 0 Å². The third-order valence-electron chi connectivity index (χ3n) is 4.91. The van der Waals surface area contributed by atoms with E-state index in [2.05, 4.69) is 37.4 Å². The van der Waals surface area contributed by atoms with Crippen LogP contribution < -0.4 is 10.2 Å². The van der Waals surface area contributed by atoms with Gasteiger partial charge in [0.15, 0.2) is 0 Å². The number of anilines is 1. The molecular formula is C19H28N2O. The summed E-state index contributed by atoms with van der Waals surface area (Å²) in [7, 11) is 0. The number of fused-ring (bicyclic) bond motifs is 1. The van der Waals surface area contributed by atoms with Crippen molar-refractivity contribution in [1.29, 1.82) is 0 Å². The predicted octanol–water partition coefficient (Wildman–Crippen LogP) is 3.16. The number of benzene rings is 1. The largest absolute Gasteiger partial charge is 0.317 e. The fraction of sp³-hybridized carbons (Fsp3) is 0.632. The van der Waals surface area contributed by atoms with Crippen molar-refractivity contribution in [2.75, 3.05) is 24.5 Å². The van der Waals surface area contributed by atoms with Gasteiger partial charge >= 0.3 is 0 Å². The minimum absolute atomic E-state index is 0.278. The van der Waals surface area contributed by atoms with E-state index in [-0.39, 0.29) is 5.91 Å². The van der Waals surface area contributed by atoms with Crippen molar-refractivity contribution in [3.8, 4) is 0 Å². The lowest BCUT2D eigenvalue weighted by molar-refractivity contribution is -0.119. The van der Waals surface area contributed by atoms with Crippen LogP contribution in [0, 0.1) is 11.8 Å². The van der Waals surface area contributed by atoms with E-state index in [1.165, 1.54) is 30.4 Å². The fourth-order valence-corrected chi connectivity index (χ4v) is 3.72. The first kappa shape index (κ1) is 15.5. The lowest BCUT2D eigenvalue weighted by Crippen LogP contribution is -2.29. The van der Waals surface area contributed by atoms with Crippen LogP contribution >= 0.6 is 0 Å². The molecule has 2 heterocycles. The van der Waals surface area contributed by atoms with Crippen molar-refractivity contribution < 1.29 is 4.79 Å². The molecule has 3 rings (SSSR count). The molecule has 0 spiro atoms. The second kappa shape index (κ2) is 6.82. The topological polar surface area (TPSA) is 32.3 Å². The zero-order valence-electron chi connectivity index (χ0n) is 13.9. The van der Waals surface area contributed by atoms with Crippen LogP contribution in [-0.2, 0) is 17.6 Å². The van der Waals surface area contributed by atoms with E-state index < -0.39 is 0 Å². The molecule has 1 fully saturated rings. The number of nitrogens with one attached hydrogen (secondary N) is 1. The molecular weight excluding hydrogens is 272 g/mol. The molecule has 0 bridgehead atoms. The Hall–Kier alpha value is -1.35. The number of amides is 1. The number of carbonyl (C=O) groups is 1. The van der Waals surface area contributed by atoms with Crippen LogP contribution in [0.1, 0.15) is 44.2 Å². The highest BCUT2D eigenvalue weighted by Gasteiger charge is 2.25. The molecule has 22 heavy (non-hydrogen) atoms. The van der Waals surface area contributed by atoms with Gasteiger partial charge in [0.05, 0.1) is 0 Å². The summed E-state index contributed by atoms with van der Waals surface area (Å²) in [5.41, 5.74) is 3.96. The average Bonchev–Trinajstić information content (AvgIpc) is 2.91. The van der Waals surface area contributed by atoms with Gasteiger partial charge in [-0.3, -0.25) is 4.79 Å². The van der Waals surface area contributed by atoms with Gasteiger partial charge in [0, 0.05) is 18.7 Å². The van der Waals surface area contributed by atoms with Crippen LogP contribution in [0.15, 0.2) is 18.2 Å². The lowest BCUT2D eigenvalue weighted by atomic mass is 9.90. The van der Waals surface area contributed by atoms with Crippen LogP contribution in [0.5, 0.6) is 0 Å². The normalized spacial score (nSPS) is 18.8. The van der Waals surface area contributed by atoms with E-state index in [1.807, 2.05) is 4.90 Å². The Labute approximate surface area is 134 Å². The van der Waals surface area contributed by atoms with Gasteiger partial charge in [-0.25, -0.2) is 0 Å². The van der Waals surface area contributed by atoms with Gasteiger partial charge in [0.2, 0.25) is 5.91 Å². The van der Waals surface area contributed by atoms with Gasteiger partial charge in [-0.1, -0.05) is 26.0 Å². The molecule has 1 aromatic carbocycles. The third-order valence-corrected chi connectivity index (χ3v) is 4.91. The first-order valence-corrected chi connectivity index (χ1v) is 8.76. The molecule has 0 aromatic heterocycles. The fourth-order valence-electron chi connectivity index (χ4n) is 3.72. The molecule has 2 aliphatic heterocycles. The Morgan fingerprint density at radius 3 is 2.82 bits per heavy atom. The second-order valence-electron chi connectivity index (χ2n) is 7.25. The molecule has 0 unspecified atom stereocenters. The van der Waals surface area contributed by atoms with Gasteiger partial charge in [0.1, 0.15) is 0 Å². The van der Waals surface area contributed by atoms with Gasteiger partial charge < -0.3 is 10.2 Å². The van der Waals surface area contributed by atoms with Gasteiger partial charge in [-0.05, 0) is 67.8 Å². The maximum atomic E-state index is 12.3. The molecule has 3 nitrogen and oxygen atoms in total. The van der Waals surface area contributed by atoms with Crippen molar-refractivity contribution in [2.24, 2.45) is 11.8 Å². The molecule has 1 saturated heterocycles. The SMILES string of the molecule is CC(C)CC(=O)N1CCc2cc(CC3CCNCC3)ccc21. The second-order valence-corrected chi connectivity index (χ2v) is 7.25. The molecule has 0 radical (unpaired) electrons. The van der Waals surface area contributed by atoms with E-state index in [0.29, 0.717) is 12.3 Å². The Balaban J connectivity index is 1.68. The van der Waals surface area contributed by atoms with E-state index in [1.54, 1.807) is 0 Å². The number of nitrogens with zero attached hydrogens (tertiary/aromatic N) is 1. The average molecular weight is 300 g/mol. The monoisotopic (exact) mass is 300 g/mol. The third kappa shape index (κ3) is 3.52. The Morgan fingerprint density at radius 2 is 2.09 bits per heavy atom. The molecule has 1 N–H and O–H groups in total. The quantitative estimate of drug-likeness (QED) is 0.926. The Bertz CT molecular complexity index is 532. The van der Waals surface area contributed by atoms with E-state index in [9.17, 15) is 4.79 Å². The number of hydrogen-bond donors (Lipinski definition) is 1. The van der Waals surface area contributed by atoms with Crippen LogP contribution in [0.3, 0.4) is 0 Å². The minimum atomic E-state index is 0.278. The number of hydrogen-bond acceptors (Lipinski definition) is 2. The Morgan fingerprint density at radius 1 is 1.32 bits per heavy atom. The highest BCUT2D eigenvalue weighted by atomic mass is 16.2.